The number of rotatable bonds is 3. The molecule has 0 amide bonds. The van der Waals surface area contributed by atoms with E-state index in [9.17, 15) is 4.21 Å². The Morgan fingerprint density at radius 2 is 2.10 bits per heavy atom. The van der Waals surface area contributed by atoms with Gasteiger partial charge in [-0.05, 0) is 42.8 Å². The van der Waals surface area contributed by atoms with Crippen LogP contribution in [-0.4, -0.2) is 14.9 Å². The van der Waals surface area contributed by atoms with Crippen molar-refractivity contribution in [3.05, 3.63) is 17.2 Å². The van der Waals surface area contributed by atoms with Crippen molar-refractivity contribution in [2.24, 2.45) is 5.92 Å². The molecule has 1 aliphatic carbocycles. The van der Waals surface area contributed by atoms with Gasteiger partial charge >= 0.3 is 0 Å². The van der Waals surface area contributed by atoms with Gasteiger partial charge < -0.3 is 5.32 Å². The summed E-state index contributed by atoms with van der Waals surface area (Å²) in [6.07, 6.45) is 6.69. The van der Waals surface area contributed by atoms with Crippen LogP contribution in [0.3, 0.4) is 0 Å². The van der Waals surface area contributed by atoms with E-state index in [1.807, 2.05) is 6.07 Å². The van der Waals surface area contributed by atoms with Gasteiger partial charge in [-0.3, -0.25) is 9.27 Å². The third-order valence-electron chi connectivity index (χ3n) is 3.99. The Morgan fingerprint density at radius 1 is 1.33 bits per heavy atom. The van der Waals surface area contributed by atoms with Gasteiger partial charge in [0.25, 0.3) is 11.3 Å². The van der Waals surface area contributed by atoms with Crippen molar-refractivity contribution in [3.63, 3.8) is 0 Å². The Labute approximate surface area is 136 Å². The smallest absolute Gasteiger partial charge is 0.259 e. The zero-order valence-corrected chi connectivity index (χ0v) is 13.8. The van der Waals surface area contributed by atoms with Crippen molar-refractivity contribution in [1.29, 1.82) is 0 Å². The predicted octanol–water partition coefficient (Wildman–Crippen LogP) is 3.82. The number of halogens is 1. The molecule has 3 rings (SSSR count). The number of anilines is 2. The zero-order chi connectivity index (χ0) is 14.8. The fourth-order valence-corrected chi connectivity index (χ4v) is 4.46. The lowest BCUT2D eigenvalue weighted by atomic mass is 9.87. The monoisotopic (exact) mass is 347 g/mol. The first kappa shape index (κ1) is 15.4. The van der Waals surface area contributed by atoms with Crippen LogP contribution in [0.5, 0.6) is 0 Å². The van der Waals surface area contributed by atoms with Gasteiger partial charge in [0.05, 0.1) is 22.6 Å². The largest absolute Gasteiger partial charge is 0.368 e. The second kappa shape index (κ2) is 6.75. The number of hydrogen-bond acceptors (Lipinski definition) is 4. The van der Waals surface area contributed by atoms with Crippen molar-refractivity contribution in [1.82, 2.24) is 4.72 Å². The van der Waals surface area contributed by atoms with Crippen LogP contribution in [0, 0.1) is 5.92 Å². The summed E-state index contributed by atoms with van der Waals surface area (Å²) in [4.78, 5) is 0.972. The maximum atomic E-state index is 10.9. The lowest BCUT2D eigenvalue weighted by molar-refractivity contribution is 0.310. The highest BCUT2D eigenvalue weighted by Gasteiger charge is 2.27. The minimum atomic E-state index is -2.12. The van der Waals surface area contributed by atoms with E-state index >= 15 is 0 Å². The zero-order valence-electron chi connectivity index (χ0n) is 11.4. The highest BCUT2D eigenvalue weighted by Crippen LogP contribution is 2.39. The van der Waals surface area contributed by atoms with Crippen LogP contribution < -0.4 is 14.8 Å². The lowest BCUT2D eigenvalue weighted by Gasteiger charge is -2.35. The summed E-state index contributed by atoms with van der Waals surface area (Å²) >= 11 is 5.59. The van der Waals surface area contributed by atoms with Crippen LogP contribution in [-0.2, 0) is 11.3 Å². The maximum absolute atomic E-state index is 10.9. The Morgan fingerprint density at radius 3 is 2.81 bits per heavy atom. The normalized spacial score (nSPS) is 24.0. The summed E-state index contributed by atoms with van der Waals surface area (Å²) in [6.45, 7) is 0. The van der Waals surface area contributed by atoms with Crippen molar-refractivity contribution in [3.8, 4) is 0 Å². The molecule has 2 atom stereocenters. The summed E-state index contributed by atoms with van der Waals surface area (Å²) in [6, 6.07) is 3.60. The van der Waals surface area contributed by atoms with Crippen LogP contribution in [0.1, 0.15) is 32.1 Å². The second-order valence-electron chi connectivity index (χ2n) is 5.42. The molecule has 0 spiro atoms. The topological polar surface area (TPSA) is 73.4 Å². The van der Waals surface area contributed by atoms with Gasteiger partial charge in [-0.1, -0.05) is 30.9 Å². The number of nitrogens with one attached hydrogen (secondary N) is 3. The van der Waals surface area contributed by atoms with Crippen LogP contribution >= 0.6 is 23.5 Å². The van der Waals surface area contributed by atoms with Gasteiger partial charge in [0.15, 0.2) is 0 Å². The quantitative estimate of drug-likeness (QED) is 0.494. The Hall–Kier alpha value is -0.470. The molecule has 1 aliphatic heterocycles. The number of hydrogen-bond donors (Lipinski definition) is 4. The highest BCUT2D eigenvalue weighted by atomic mass is 35.5. The molecule has 2 aliphatic rings. The van der Waals surface area contributed by atoms with Gasteiger partial charge in [-0.15, -0.1) is 0 Å². The fraction of sp³-hybridized carbons (Fsp3) is 0.538. The number of fused-ring (bicyclic) bond motifs is 1. The summed E-state index contributed by atoms with van der Waals surface area (Å²) in [5.74, 6) is 0.640. The van der Waals surface area contributed by atoms with Gasteiger partial charge in [0, 0.05) is 4.90 Å². The Balaban J connectivity index is 1.76. The van der Waals surface area contributed by atoms with Gasteiger partial charge in [-0.2, -0.15) is 0 Å². The van der Waals surface area contributed by atoms with E-state index in [-0.39, 0.29) is 6.17 Å². The molecule has 1 saturated carbocycles. The highest BCUT2D eigenvalue weighted by molar-refractivity contribution is 7.97. The van der Waals surface area contributed by atoms with E-state index in [1.165, 1.54) is 32.1 Å². The second-order valence-corrected chi connectivity index (χ2v) is 7.41. The van der Waals surface area contributed by atoms with Crippen LogP contribution in [0.2, 0.25) is 5.02 Å². The van der Waals surface area contributed by atoms with E-state index in [0.717, 1.165) is 10.6 Å². The summed E-state index contributed by atoms with van der Waals surface area (Å²) in [5.41, 5.74) is 1.44. The van der Waals surface area contributed by atoms with E-state index in [4.69, 9.17) is 16.2 Å². The third kappa shape index (κ3) is 3.65. The molecular weight excluding hydrogens is 330 g/mol. The van der Waals surface area contributed by atoms with Crippen LogP contribution in [0.15, 0.2) is 17.0 Å². The van der Waals surface area contributed by atoms with Crippen molar-refractivity contribution in [2.45, 2.75) is 43.2 Å². The Bertz CT molecular complexity index is 552. The molecular formula is C13H18ClN3O2S2. The molecule has 1 fully saturated rings. The molecule has 5 nitrogen and oxygen atoms in total. The fourth-order valence-electron chi connectivity index (χ4n) is 2.93. The average Bonchev–Trinajstić information content (AvgIpc) is 2.48. The van der Waals surface area contributed by atoms with E-state index in [0.29, 0.717) is 16.6 Å². The molecule has 0 aromatic heterocycles. The standard InChI is InChI=1S/C13H18ClN3O2S2/c14-9-6-11-12(7-10(9)17-21(18)19)20-16-13(15-11)8-4-2-1-3-5-8/h6-8,13,15-17H,1-5H2,(H,18,19). The van der Waals surface area contributed by atoms with Gasteiger partial charge in [0.2, 0.25) is 0 Å². The van der Waals surface area contributed by atoms with Crippen molar-refractivity contribution >= 4 is 46.2 Å². The van der Waals surface area contributed by atoms with Gasteiger partial charge in [-0.25, -0.2) is 8.93 Å². The molecule has 0 saturated heterocycles. The van der Waals surface area contributed by atoms with E-state index in [2.05, 4.69) is 14.8 Å². The Kier molecular flexibility index (Phi) is 4.96. The van der Waals surface area contributed by atoms with Crippen molar-refractivity contribution < 1.29 is 8.76 Å². The molecule has 116 valence electrons. The molecule has 4 N–H and O–H groups in total. The summed E-state index contributed by atoms with van der Waals surface area (Å²) in [7, 11) is 0. The minimum absolute atomic E-state index is 0.254. The lowest BCUT2D eigenvalue weighted by Crippen LogP contribution is -2.42. The molecule has 21 heavy (non-hydrogen) atoms. The van der Waals surface area contributed by atoms with Gasteiger partial charge in [0.1, 0.15) is 0 Å². The molecule has 0 bridgehead atoms. The molecule has 8 heteroatoms. The number of benzene rings is 1. The molecule has 1 aromatic carbocycles. The van der Waals surface area contributed by atoms with E-state index in [1.54, 1.807) is 18.0 Å². The third-order valence-corrected chi connectivity index (χ3v) is 5.63. The van der Waals surface area contributed by atoms with Crippen LogP contribution in [0.25, 0.3) is 0 Å². The van der Waals surface area contributed by atoms with Crippen molar-refractivity contribution in [2.75, 3.05) is 10.0 Å². The van der Waals surface area contributed by atoms with E-state index < -0.39 is 11.3 Å². The molecule has 0 radical (unpaired) electrons. The first-order valence-corrected chi connectivity index (χ1v) is 9.33. The summed E-state index contributed by atoms with van der Waals surface area (Å²) in [5, 5.41) is 3.94. The van der Waals surface area contributed by atoms with Crippen LogP contribution in [0.4, 0.5) is 11.4 Å². The predicted molar refractivity (Wildman–Crippen MR) is 88.8 cm³/mol. The summed E-state index contributed by atoms with van der Waals surface area (Å²) < 4.78 is 25.6. The minimum Gasteiger partial charge on any atom is -0.368 e. The molecule has 1 heterocycles. The molecule has 2 unspecified atom stereocenters. The average molecular weight is 348 g/mol. The first-order valence-electron chi connectivity index (χ1n) is 7.03. The first-order chi connectivity index (χ1) is 10.1. The molecule has 1 aromatic rings. The SMILES string of the molecule is O=S(O)Nc1cc2c(cc1Cl)NC(C1CCCCC1)NS2. The maximum Gasteiger partial charge on any atom is 0.259 e.